The first-order chi connectivity index (χ1) is 9.58. The average molecular weight is 279 g/mol. The minimum absolute atomic E-state index is 0.0290. The lowest BCUT2D eigenvalue weighted by molar-refractivity contribution is -0.132. The Labute approximate surface area is 119 Å². The monoisotopic (exact) mass is 279 g/mol. The van der Waals surface area contributed by atoms with Gasteiger partial charge in [-0.15, -0.1) is 0 Å². The van der Waals surface area contributed by atoms with Gasteiger partial charge in [-0.2, -0.15) is 0 Å². The van der Waals surface area contributed by atoms with Crippen molar-refractivity contribution in [3.63, 3.8) is 0 Å². The molecule has 2 atom stereocenters. The molecule has 20 heavy (non-hydrogen) atoms. The molecule has 1 aliphatic heterocycles. The molecule has 3 nitrogen and oxygen atoms in total. The first-order valence-corrected chi connectivity index (χ1v) is 7.13. The molecule has 1 aliphatic rings. The van der Waals surface area contributed by atoms with Crippen LogP contribution in [0.3, 0.4) is 0 Å². The van der Waals surface area contributed by atoms with Crippen molar-refractivity contribution < 1.29 is 13.9 Å². The number of halogens is 1. The summed E-state index contributed by atoms with van der Waals surface area (Å²) in [5, 5.41) is 0. The third kappa shape index (κ3) is 4.04. The predicted molar refractivity (Wildman–Crippen MR) is 75.9 cm³/mol. The number of ether oxygens (including phenoxy) is 1. The van der Waals surface area contributed by atoms with Gasteiger partial charge >= 0.3 is 0 Å². The molecule has 0 N–H and O–H groups in total. The van der Waals surface area contributed by atoms with Crippen molar-refractivity contribution in [1.82, 2.24) is 4.90 Å². The van der Waals surface area contributed by atoms with Crippen LogP contribution in [0.5, 0.6) is 0 Å². The zero-order valence-corrected chi connectivity index (χ0v) is 12.1. The van der Waals surface area contributed by atoms with Crippen molar-refractivity contribution in [2.45, 2.75) is 32.3 Å². The van der Waals surface area contributed by atoms with Crippen LogP contribution in [0.1, 0.15) is 25.3 Å². The van der Waals surface area contributed by atoms with Crippen LogP contribution in [-0.2, 0) is 16.0 Å². The number of hydrogen-bond acceptors (Lipinski definition) is 2. The summed E-state index contributed by atoms with van der Waals surface area (Å²) in [6.45, 7) is 3.53. The van der Waals surface area contributed by atoms with E-state index in [4.69, 9.17) is 4.74 Å². The SMILES string of the molecule is COC(C)CC(=O)N1CCC(Cc2ccc(F)cc2)C1. The van der Waals surface area contributed by atoms with Gasteiger partial charge < -0.3 is 9.64 Å². The van der Waals surface area contributed by atoms with Gasteiger partial charge in [0.1, 0.15) is 5.82 Å². The van der Waals surface area contributed by atoms with Crippen molar-refractivity contribution >= 4 is 5.91 Å². The van der Waals surface area contributed by atoms with E-state index < -0.39 is 0 Å². The highest BCUT2D eigenvalue weighted by atomic mass is 19.1. The van der Waals surface area contributed by atoms with E-state index in [1.807, 2.05) is 24.0 Å². The van der Waals surface area contributed by atoms with Crippen LogP contribution in [0.15, 0.2) is 24.3 Å². The molecule has 1 heterocycles. The Morgan fingerprint density at radius 1 is 1.45 bits per heavy atom. The Balaban J connectivity index is 1.83. The zero-order valence-electron chi connectivity index (χ0n) is 12.1. The molecule has 0 radical (unpaired) electrons. The summed E-state index contributed by atoms with van der Waals surface area (Å²) in [5.41, 5.74) is 1.14. The second-order valence-electron chi connectivity index (χ2n) is 5.58. The first-order valence-electron chi connectivity index (χ1n) is 7.13. The van der Waals surface area contributed by atoms with Crippen LogP contribution in [0.4, 0.5) is 4.39 Å². The average Bonchev–Trinajstić information content (AvgIpc) is 2.90. The molecule has 0 aliphatic carbocycles. The van der Waals surface area contributed by atoms with E-state index in [2.05, 4.69) is 0 Å². The van der Waals surface area contributed by atoms with Gasteiger partial charge in [-0.05, 0) is 43.4 Å². The van der Waals surface area contributed by atoms with Crippen LogP contribution in [0.25, 0.3) is 0 Å². The quantitative estimate of drug-likeness (QED) is 0.829. The van der Waals surface area contributed by atoms with E-state index in [0.29, 0.717) is 12.3 Å². The van der Waals surface area contributed by atoms with Crippen LogP contribution in [0, 0.1) is 11.7 Å². The lowest BCUT2D eigenvalue weighted by Gasteiger charge is -2.18. The number of hydrogen-bond donors (Lipinski definition) is 0. The largest absolute Gasteiger partial charge is 0.381 e. The number of likely N-dealkylation sites (tertiary alicyclic amines) is 1. The molecule has 0 saturated carbocycles. The maximum atomic E-state index is 12.9. The summed E-state index contributed by atoms with van der Waals surface area (Å²) in [4.78, 5) is 14.0. The maximum absolute atomic E-state index is 12.9. The van der Waals surface area contributed by atoms with Crippen LogP contribution < -0.4 is 0 Å². The minimum atomic E-state index is -0.203. The summed E-state index contributed by atoms with van der Waals surface area (Å²) in [5.74, 6) is 0.439. The summed E-state index contributed by atoms with van der Waals surface area (Å²) < 4.78 is 18.0. The highest BCUT2D eigenvalue weighted by Crippen LogP contribution is 2.22. The molecule has 2 unspecified atom stereocenters. The molecule has 1 aromatic carbocycles. The summed E-state index contributed by atoms with van der Waals surface area (Å²) in [7, 11) is 1.62. The molecular weight excluding hydrogens is 257 g/mol. The Kier molecular flexibility index (Phi) is 5.12. The number of nitrogens with zero attached hydrogens (tertiary/aromatic N) is 1. The van der Waals surface area contributed by atoms with E-state index >= 15 is 0 Å². The van der Waals surface area contributed by atoms with Crippen molar-refractivity contribution in [2.24, 2.45) is 5.92 Å². The van der Waals surface area contributed by atoms with Crippen LogP contribution in [-0.4, -0.2) is 37.1 Å². The molecule has 0 aromatic heterocycles. The molecule has 1 amide bonds. The molecule has 0 bridgehead atoms. The van der Waals surface area contributed by atoms with Crippen LogP contribution in [0.2, 0.25) is 0 Å². The Morgan fingerprint density at radius 3 is 2.80 bits per heavy atom. The van der Waals surface area contributed by atoms with Gasteiger partial charge in [0.25, 0.3) is 0 Å². The molecule has 1 aromatic rings. The van der Waals surface area contributed by atoms with Gasteiger partial charge in [-0.1, -0.05) is 12.1 Å². The predicted octanol–water partition coefficient (Wildman–Crippen LogP) is 2.64. The zero-order chi connectivity index (χ0) is 14.5. The number of methoxy groups -OCH3 is 1. The maximum Gasteiger partial charge on any atom is 0.225 e. The number of carbonyl (C=O) groups is 1. The Hall–Kier alpha value is -1.42. The molecular formula is C16H22FNO2. The number of amides is 1. The van der Waals surface area contributed by atoms with Gasteiger partial charge in [-0.25, -0.2) is 4.39 Å². The molecule has 4 heteroatoms. The topological polar surface area (TPSA) is 29.5 Å². The molecule has 2 rings (SSSR count). The van der Waals surface area contributed by atoms with E-state index in [0.717, 1.165) is 31.5 Å². The fourth-order valence-electron chi connectivity index (χ4n) is 2.64. The fraction of sp³-hybridized carbons (Fsp3) is 0.562. The summed E-state index contributed by atoms with van der Waals surface area (Å²) in [6, 6.07) is 6.64. The Bertz CT molecular complexity index is 446. The van der Waals surface area contributed by atoms with E-state index in [-0.39, 0.29) is 17.8 Å². The van der Waals surface area contributed by atoms with E-state index in [1.165, 1.54) is 12.1 Å². The van der Waals surface area contributed by atoms with Crippen molar-refractivity contribution in [2.75, 3.05) is 20.2 Å². The number of benzene rings is 1. The van der Waals surface area contributed by atoms with Gasteiger partial charge in [-0.3, -0.25) is 4.79 Å². The second kappa shape index (κ2) is 6.84. The van der Waals surface area contributed by atoms with Gasteiger partial charge in [0, 0.05) is 20.2 Å². The smallest absolute Gasteiger partial charge is 0.225 e. The molecule has 0 spiro atoms. The number of carbonyl (C=O) groups excluding carboxylic acids is 1. The van der Waals surface area contributed by atoms with Crippen molar-refractivity contribution in [3.05, 3.63) is 35.6 Å². The van der Waals surface area contributed by atoms with Gasteiger partial charge in [0.05, 0.1) is 12.5 Å². The fourth-order valence-corrected chi connectivity index (χ4v) is 2.64. The molecule has 1 saturated heterocycles. The van der Waals surface area contributed by atoms with Crippen molar-refractivity contribution in [1.29, 1.82) is 0 Å². The standard InChI is InChI=1S/C16H22FNO2/c1-12(20-2)9-16(19)18-8-7-14(11-18)10-13-3-5-15(17)6-4-13/h3-6,12,14H,7-11H2,1-2H3. The van der Waals surface area contributed by atoms with E-state index in [9.17, 15) is 9.18 Å². The lowest BCUT2D eigenvalue weighted by Crippen LogP contribution is -2.31. The highest BCUT2D eigenvalue weighted by molar-refractivity contribution is 5.76. The normalized spacial score (nSPS) is 20.1. The summed E-state index contributed by atoms with van der Waals surface area (Å²) in [6.07, 6.45) is 2.34. The third-order valence-electron chi connectivity index (χ3n) is 3.94. The first kappa shape index (κ1) is 15.0. The van der Waals surface area contributed by atoms with Gasteiger partial charge in [0.15, 0.2) is 0 Å². The van der Waals surface area contributed by atoms with E-state index in [1.54, 1.807) is 7.11 Å². The molecule has 110 valence electrons. The number of rotatable bonds is 5. The van der Waals surface area contributed by atoms with Crippen LogP contribution >= 0.6 is 0 Å². The molecule has 1 fully saturated rings. The van der Waals surface area contributed by atoms with Crippen molar-refractivity contribution in [3.8, 4) is 0 Å². The minimum Gasteiger partial charge on any atom is -0.381 e. The lowest BCUT2D eigenvalue weighted by atomic mass is 9.99. The summed E-state index contributed by atoms with van der Waals surface area (Å²) >= 11 is 0. The van der Waals surface area contributed by atoms with Gasteiger partial charge in [0.2, 0.25) is 5.91 Å². The second-order valence-corrected chi connectivity index (χ2v) is 5.58. The highest BCUT2D eigenvalue weighted by Gasteiger charge is 2.26. The Morgan fingerprint density at radius 2 is 2.15 bits per heavy atom. The third-order valence-corrected chi connectivity index (χ3v) is 3.94.